The summed E-state index contributed by atoms with van der Waals surface area (Å²) in [4.78, 5) is 4.78. The van der Waals surface area contributed by atoms with Crippen molar-refractivity contribution >= 4 is 5.69 Å². The largest absolute Gasteiger partial charge is 0.369 e. The second-order valence-electron chi connectivity index (χ2n) is 5.34. The molecule has 1 aromatic rings. The molecule has 3 nitrogen and oxygen atoms in total. The van der Waals surface area contributed by atoms with Crippen LogP contribution in [-0.4, -0.2) is 43.7 Å². The Bertz CT molecular complexity index is 378. The summed E-state index contributed by atoms with van der Waals surface area (Å²) < 4.78 is 0. The zero-order chi connectivity index (χ0) is 11.2. The summed E-state index contributed by atoms with van der Waals surface area (Å²) >= 11 is 0. The molecule has 0 saturated carbocycles. The number of anilines is 1. The Morgan fingerprint density at radius 2 is 1.94 bits per heavy atom. The molecular formula is C13H19N3. The molecule has 0 spiro atoms. The predicted molar refractivity (Wildman–Crippen MR) is 66.6 cm³/mol. The molecule has 2 atom stereocenters. The number of nitrogens with two attached hydrogens (primary N) is 1. The summed E-state index contributed by atoms with van der Waals surface area (Å²) in [5.74, 6) is 0.623. The fraction of sp³-hybridized carbons (Fsp3) is 0.538. The molecule has 0 amide bonds. The second kappa shape index (κ2) is 3.47. The Labute approximate surface area is 96.8 Å². The van der Waals surface area contributed by atoms with Crippen molar-refractivity contribution in [3.63, 3.8) is 0 Å². The first kappa shape index (κ1) is 10.1. The van der Waals surface area contributed by atoms with E-state index in [9.17, 15) is 0 Å². The highest BCUT2D eigenvalue weighted by atomic mass is 15.3. The minimum atomic E-state index is 0.00455. The molecule has 2 aliphatic rings. The van der Waals surface area contributed by atoms with Crippen LogP contribution in [0, 0.1) is 5.92 Å². The van der Waals surface area contributed by atoms with Crippen molar-refractivity contribution in [2.45, 2.75) is 5.54 Å². The van der Waals surface area contributed by atoms with Gasteiger partial charge in [0.1, 0.15) is 0 Å². The molecule has 2 saturated heterocycles. The maximum absolute atomic E-state index is 6.50. The van der Waals surface area contributed by atoms with Crippen molar-refractivity contribution in [2.24, 2.45) is 11.7 Å². The fourth-order valence-electron chi connectivity index (χ4n) is 3.19. The first-order chi connectivity index (χ1) is 7.67. The van der Waals surface area contributed by atoms with Gasteiger partial charge in [-0.25, -0.2) is 0 Å². The molecule has 2 N–H and O–H groups in total. The number of likely N-dealkylation sites (N-methyl/N-ethyl adjacent to an activating group) is 1. The molecule has 3 rings (SSSR count). The maximum atomic E-state index is 6.50. The Hall–Kier alpha value is -1.06. The minimum Gasteiger partial charge on any atom is -0.369 e. The molecule has 0 aromatic heterocycles. The van der Waals surface area contributed by atoms with Crippen LogP contribution < -0.4 is 10.6 Å². The fourth-order valence-corrected chi connectivity index (χ4v) is 3.19. The van der Waals surface area contributed by atoms with Gasteiger partial charge in [0, 0.05) is 37.8 Å². The lowest BCUT2D eigenvalue weighted by atomic mass is 9.92. The van der Waals surface area contributed by atoms with Gasteiger partial charge in [0.2, 0.25) is 0 Å². The number of benzene rings is 1. The van der Waals surface area contributed by atoms with Crippen LogP contribution in [0.3, 0.4) is 0 Å². The van der Waals surface area contributed by atoms with Crippen molar-refractivity contribution in [1.82, 2.24) is 4.90 Å². The van der Waals surface area contributed by atoms with Gasteiger partial charge in [0.15, 0.2) is 0 Å². The van der Waals surface area contributed by atoms with Crippen molar-refractivity contribution < 1.29 is 0 Å². The third-order valence-electron chi connectivity index (χ3n) is 3.96. The van der Waals surface area contributed by atoms with E-state index in [2.05, 4.69) is 47.2 Å². The first-order valence-electron chi connectivity index (χ1n) is 5.95. The topological polar surface area (TPSA) is 32.5 Å². The number of rotatable bonds is 1. The predicted octanol–water partition coefficient (Wildman–Crippen LogP) is 0.766. The van der Waals surface area contributed by atoms with Crippen LogP contribution in [0.1, 0.15) is 0 Å². The van der Waals surface area contributed by atoms with Crippen LogP contribution in [0.4, 0.5) is 5.69 Å². The van der Waals surface area contributed by atoms with Crippen molar-refractivity contribution in [1.29, 1.82) is 0 Å². The highest BCUT2D eigenvalue weighted by Crippen LogP contribution is 2.34. The van der Waals surface area contributed by atoms with Crippen LogP contribution in [0.2, 0.25) is 0 Å². The summed E-state index contributed by atoms with van der Waals surface area (Å²) in [7, 11) is 2.17. The van der Waals surface area contributed by atoms with Gasteiger partial charge in [0.25, 0.3) is 0 Å². The molecule has 0 bridgehead atoms. The molecule has 16 heavy (non-hydrogen) atoms. The van der Waals surface area contributed by atoms with E-state index in [1.807, 2.05) is 0 Å². The monoisotopic (exact) mass is 217 g/mol. The highest BCUT2D eigenvalue weighted by molar-refractivity contribution is 5.48. The van der Waals surface area contributed by atoms with Crippen LogP contribution in [0.25, 0.3) is 0 Å². The summed E-state index contributed by atoms with van der Waals surface area (Å²) in [6, 6.07) is 10.6. The van der Waals surface area contributed by atoms with Gasteiger partial charge >= 0.3 is 0 Å². The van der Waals surface area contributed by atoms with Gasteiger partial charge < -0.3 is 15.5 Å². The Balaban J connectivity index is 1.80. The molecule has 0 radical (unpaired) electrons. The van der Waals surface area contributed by atoms with Gasteiger partial charge in [-0.1, -0.05) is 18.2 Å². The lowest BCUT2D eigenvalue weighted by Gasteiger charge is -2.25. The smallest absolute Gasteiger partial charge is 0.0518 e. The Morgan fingerprint density at radius 3 is 2.62 bits per heavy atom. The van der Waals surface area contributed by atoms with Crippen molar-refractivity contribution in [3.8, 4) is 0 Å². The normalized spacial score (nSPS) is 34.4. The molecule has 2 fully saturated rings. The lowest BCUT2D eigenvalue weighted by Crippen LogP contribution is -2.48. The first-order valence-corrected chi connectivity index (χ1v) is 5.95. The van der Waals surface area contributed by atoms with Crippen LogP contribution in [0.5, 0.6) is 0 Å². The van der Waals surface area contributed by atoms with E-state index in [1.54, 1.807) is 0 Å². The number of nitrogens with zero attached hydrogens (tertiary/aromatic N) is 2. The Morgan fingerprint density at radius 1 is 1.19 bits per heavy atom. The van der Waals surface area contributed by atoms with Crippen molar-refractivity contribution in [3.05, 3.63) is 30.3 Å². The highest BCUT2D eigenvalue weighted by Gasteiger charge is 2.48. The van der Waals surface area contributed by atoms with Gasteiger partial charge in [0.05, 0.1) is 5.54 Å². The average molecular weight is 217 g/mol. The molecule has 1 aromatic carbocycles. The van der Waals surface area contributed by atoms with Crippen LogP contribution in [0.15, 0.2) is 30.3 Å². The standard InChI is InChI=1S/C13H19N3/c1-15-7-11-8-16(10-13(11,14)9-15)12-5-3-2-4-6-12/h2-6,11H,7-10,14H2,1H3. The minimum absolute atomic E-state index is 0.00455. The molecule has 86 valence electrons. The van der Waals surface area contributed by atoms with E-state index in [0.717, 1.165) is 26.2 Å². The van der Waals surface area contributed by atoms with Crippen LogP contribution in [-0.2, 0) is 0 Å². The molecule has 3 heteroatoms. The van der Waals surface area contributed by atoms with E-state index in [-0.39, 0.29) is 5.54 Å². The molecule has 2 aliphatic heterocycles. The third kappa shape index (κ3) is 1.51. The molecule has 2 heterocycles. The summed E-state index contributed by atoms with van der Waals surface area (Å²) in [6.45, 7) is 4.26. The Kier molecular flexibility index (Phi) is 2.19. The molecular weight excluding hydrogens is 198 g/mol. The van der Waals surface area contributed by atoms with E-state index >= 15 is 0 Å². The van der Waals surface area contributed by atoms with E-state index in [0.29, 0.717) is 5.92 Å². The quantitative estimate of drug-likeness (QED) is 0.754. The van der Waals surface area contributed by atoms with Gasteiger partial charge in [-0.05, 0) is 19.2 Å². The van der Waals surface area contributed by atoms with Gasteiger partial charge in [-0.15, -0.1) is 0 Å². The SMILES string of the molecule is CN1CC2CN(c3ccccc3)CC2(N)C1. The summed E-state index contributed by atoms with van der Waals surface area (Å²) in [5.41, 5.74) is 7.81. The number of hydrogen-bond acceptors (Lipinski definition) is 3. The van der Waals surface area contributed by atoms with Crippen molar-refractivity contribution in [2.75, 3.05) is 38.1 Å². The zero-order valence-electron chi connectivity index (χ0n) is 9.76. The molecule has 0 aliphatic carbocycles. The second-order valence-corrected chi connectivity index (χ2v) is 5.34. The summed E-state index contributed by atoms with van der Waals surface area (Å²) in [6.07, 6.45) is 0. The van der Waals surface area contributed by atoms with E-state index in [1.165, 1.54) is 5.69 Å². The maximum Gasteiger partial charge on any atom is 0.0518 e. The van der Waals surface area contributed by atoms with Gasteiger partial charge in [-0.3, -0.25) is 0 Å². The number of fused-ring (bicyclic) bond motifs is 1. The number of likely N-dealkylation sites (tertiary alicyclic amines) is 1. The van der Waals surface area contributed by atoms with Crippen LogP contribution >= 0.6 is 0 Å². The molecule has 2 unspecified atom stereocenters. The third-order valence-corrected chi connectivity index (χ3v) is 3.96. The average Bonchev–Trinajstić information content (AvgIpc) is 2.70. The summed E-state index contributed by atoms with van der Waals surface area (Å²) in [5, 5.41) is 0. The number of para-hydroxylation sites is 1. The van der Waals surface area contributed by atoms with E-state index in [4.69, 9.17) is 5.73 Å². The zero-order valence-corrected chi connectivity index (χ0v) is 9.76. The number of hydrogen-bond donors (Lipinski definition) is 1. The lowest BCUT2D eigenvalue weighted by molar-refractivity contribution is 0.373. The van der Waals surface area contributed by atoms with Gasteiger partial charge in [-0.2, -0.15) is 0 Å². The van der Waals surface area contributed by atoms with E-state index < -0.39 is 0 Å².